The Balaban J connectivity index is 1.95. The molecule has 0 spiro atoms. The maximum Gasteiger partial charge on any atom is 0.416 e. The fourth-order valence-electron chi connectivity index (χ4n) is 2.80. The summed E-state index contributed by atoms with van der Waals surface area (Å²) in [5, 5.41) is 2.69. The van der Waals surface area contributed by atoms with Gasteiger partial charge in [-0.2, -0.15) is 13.2 Å². The number of benzene rings is 1. The first-order chi connectivity index (χ1) is 11.8. The van der Waals surface area contributed by atoms with Crippen LogP contribution in [0.15, 0.2) is 24.3 Å². The van der Waals surface area contributed by atoms with E-state index in [9.17, 15) is 22.8 Å². The van der Waals surface area contributed by atoms with E-state index >= 15 is 0 Å². The van der Waals surface area contributed by atoms with Crippen LogP contribution in [0.5, 0.6) is 0 Å². The fraction of sp³-hybridized carbons (Fsp3) is 0.529. The number of nitrogens with zero attached hydrogens (tertiary/aromatic N) is 1. The number of likely N-dealkylation sites (tertiary alicyclic amines) is 1. The van der Waals surface area contributed by atoms with E-state index in [1.165, 1.54) is 12.1 Å². The van der Waals surface area contributed by atoms with Crippen molar-refractivity contribution in [2.45, 2.75) is 38.4 Å². The molecule has 0 aromatic heterocycles. The topological polar surface area (TPSA) is 58.6 Å². The van der Waals surface area contributed by atoms with Crippen LogP contribution in [0, 0.1) is 0 Å². The number of halogens is 3. The molecule has 2 rings (SSSR count). The molecule has 25 heavy (non-hydrogen) atoms. The summed E-state index contributed by atoms with van der Waals surface area (Å²) in [5.74, 6) is -0.255. The molecule has 8 heteroatoms. The highest BCUT2D eigenvalue weighted by Crippen LogP contribution is 2.29. The lowest BCUT2D eigenvalue weighted by Gasteiger charge is -2.33. The van der Waals surface area contributed by atoms with Crippen molar-refractivity contribution in [3.8, 4) is 0 Å². The van der Waals surface area contributed by atoms with Crippen molar-refractivity contribution in [2.75, 3.05) is 19.7 Å². The Morgan fingerprint density at radius 1 is 1.36 bits per heavy atom. The number of rotatable bonds is 4. The average molecular weight is 358 g/mol. The fourth-order valence-corrected chi connectivity index (χ4v) is 2.80. The molecule has 1 saturated heterocycles. The van der Waals surface area contributed by atoms with Crippen molar-refractivity contribution in [1.82, 2.24) is 10.2 Å². The maximum atomic E-state index is 12.7. The summed E-state index contributed by atoms with van der Waals surface area (Å²) in [7, 11) is 0. The highest BCUT2D eigenvalue weighted by Gasteiger charge is 2.31. The largest absolute Gasteiger partial charge is 0.450 e. The molecule has 5 nitrogen and oxygen atoms in total. The normalized spacial score (nSPS) is 17.9. The summed E-state index contributed by atoms with van der Waals surface area (Å²) < 4.78 is 43.1. The molecular weight excluding hydrogens is 337 g/mol. The standard InChI is InChI=1S/C17H21F3N2O3/c1-2-25-16(24)21-14-7-4-8-22(11-14)15(23)10-12-5-3-6-13(9-12)17(18,19)20/h3,5-6,9,14H,2,4,7-8,10-11H2,1H3,(H,21,24)/t14-/m1/s1. The second-order valence-electron chi connectivity index (χ2n) is 5.92. The monoisotopic (exact) mass is 358 g/mol. The second kappa shape index (κ2) is 8.22. The molecule has 0 saturated carbocycles. The summed E-state index contributed by atoms with van der Waals surface area (Å²) in [4.78, 5) is 25.4. The molecule has 1 aliphatic heterocycles. The summed E-state index contributed by atoms with van der Waals surface area (Å²) in [6, 6.07) is 4.57. The molecule has 0 bridgehead atoms. The number of piperidine rings is 1. The van der Waals surface area contributed by atoms with E-state index in [0.717, 1.165) is 18.6 Å². The lowest BCUT2D eigenvalue weighted by molar-refractivity contribution is -0.138. The van der Waals surface area contributed by atoms with E-state index in [1.54, 1.807) is 11.8 Å². The molecule has 1 N–H and O–H groups in total. The maximum absolute atomic E-state index is 12.7. The third-order valence-corrected chi connectivity index (χ3v) is 3.98. The predicted octanol–water partition coefficient (Wildman–Crippen LogP) is 2.99. The van der Waals surface area contributed by atoms with Crippen LogP contribution in [0.3, 0.4) is 0 Å². The van der Waals surface area contributed by atoms with Crippen molar-refractivity contribution < 1.29 is 27.5 Å². The zero-order chi connectivity index (χ0) is 18.4. The SMILES string of the molecule is CCOC(=O)N[C@@H]1CCCN(C(=O)Cc2cccc(C(F)(F)F)c2)C1. The smallest absolute Gasteiger partial charge is 0.416 e. The van der Waals surface area contributed by atoms with Crippen LogP contribution in [-0.4, -0.2) is 42.6 Å². The molecule has 1 heterocycles. The third-order valence-electron chi connectivity index (χ3n) is 3.98. The van der Waals surface area contributed by atoms with Gasteiger partial charge in [0.25, 0.3) is 0 Å². The second-order valence-corrected chi connectivity index (χ2v) is 5.92. The summed E-state index contributed by atoms with van der Waals surface area (Å²) >= 11 is 0. The molecule has 2 amide bonds. The number of nitrogens with one attached hydrogen (secondary N) is 1. The molecule has 1 aromatic rings. The number of carbonyl (C=O) groups is 2. The number of alkyl carbamates (subject to hydrolysis) is 1. The lowest BCUT2D eigenvalue weighted by atomic mass is 10.0. The minimum atomic E-state index is -4.43. The van der Waals surface area contributed by atoms with Gasteiger partial charge in [0.15, 0.2) is 0 Å². The molecule has 1 fully saturated rings. The van der Waals surface area contributed by atoms with E-state index in [1.807, 2.05) is 0 Å². The summed E-state index contributed by atoms with van der Waals surface area (Å²) in [5.41, 5.74) is -0.446. The summed E-state index contributed by atoms with van der Waals surface area (Å²) in [6.45, 7) is 2.82. The van der Waals surface area contributed by atoms with E-state index in [0.29, 0.717) is 25.1 Å². The van der Waals surface area contributed by atoms with E-state index in [4.69, 9.17) is 4.74 Å². The van der Waals surface area contributed by atoms with Crippen molar-refractivity contribution in [3.63, 3.8) is 0 Å². The number of ether oxygens (including phenoxy) is 1. The van der Waals surface area contributed by atoms with Crippen LogP contribution in [-0.2, 0) is 22.1 Å². The molecule has 138 valence electrons. The molecule has 0 radical (unpaired) electrons. The number of alkyl halides is 3. The van der Waals surface area contributed by atoms with E-state index in [2.05, 4.69) is 5.32 Å². The van der Waals surface area contributed by atoms with Crippen LogP contribution in [0.1, 0.15) is 30.9 Å². The van der Waals surface area contributed by atoms with Crippen molar-refractivity contribution in [3.05, 3.63) is 35.4 Å². The van der Waals surface area contributed by atoms with Gasteiger partial charge in [0.1, 0.15) is 0 Å². The third kappa shape index (κ3) is 5.65. The number of amides is 2. The average Bonchev–Trinajstić information content (AvgIpc) is 2.54. The molecule has 1 aromatic carbocycles. The number of hydrogen-bond donors (Lipinski definition) is 1. The Morgan fingerprint density at radius 2 is 2.12 bits per heavy atom. The number of carbonyl (C=O) groups excluding carboxylic acids is 2. The van der Waals surface area contributed by atoms with Gasteiger partial charge in [0, 0.05) is 19.1 Å². The van der Waals surface area contributed by atoms with Crippen LogP contribution in [0.2, 0.25) is 0 Å². The predicted molar refractivity (Wildman–Crippen MR) is 84.9 cm³/mol. The zero-order valence-corrected chi connectivity index (χ0v) is 13.9. The van der Waals surface area contributed by atoms with Crippen molar-refractivity contribution in [1.29, 1.82) is 0 Å². The minimum Gasteiger partial charge on any atom is -0.450 e. The van der Waals surface area contributed by atoms with Crippen LogP contribution in [0.4, 0.5) is 18.0 Å². The van der Waals surface area contributed by atoms with E-state index < -0.39 is 17.8 Å². The quantitative estimate of drug-likeness (QED) is 0.900. The molecule has 1 atom stereocenters. The Bertz CT molecular complexity index is 619. The zero-order valence-electron chi connectivity index (χ0n) is 13.9. The van der Waals surface area contributed by atoms with Gasteiger partial charge in [-0.1, -0.05) is 18.2 Å². The van der Waals surface area contributed by atoms with E-state index in [-0.39, 0.29) is 25.0 Å². The van der Waals surface area contributed by atoms with Gasteiger partial charge in [0.05, 0.1) is 18.6 Å². The Kier molecular flexibility index (Phi) is 6.27. The highest BCUT2D eigenvalue weighted by atomic mass is 19.4. The van der Waals surface area contributed by atoms with Gasteiger partial charge in [-0.3, -0.25) is 4.79 Å². The molecule has 1 aliphatic rings. The van der Waals surface area contributed by atoms with Gasteiger partial charge in [-0.25, -0.2) is 4.79 Å². The van der Waals surface area contributed by atoms with Crippen LogP contribution < -0.4 is 5.32 Å². The molecular formula is C17H21F3N2O3. The molecule has 0 aliphatic carbocycles. The van der Waals surface area contributed by atoms with Gasteiger partial charge in [0.2, 0.25) is 5.91 Å². The van der Waals surface area contributed by atoms with Gasteiger partial charge < -0.3 is 15.0 Å². The Hall–Kier alpha value is -2.25. The lowest BCUT2D eigenvalue weighted by Crippen LogP contribution is -2.50. The van der Waals surface area contributed by atoms with Crippen LogP contribution >= 0.6 is 0 Å². The van der Waals surface area contributed by atoms with Crippen LogP contribution in [0.25, 0.3) is 0 Å². The summed E-state index contributed by atoms with van der Waals surface area (Å²) in [6.07, 6.45) is -3.62. The Morgan fingerprint density at radius 3 is 2.80 bits per heavy atom. The van der Waals surface area contributed by atoms with Gasteiger partial charge in [-0.15, -0.1) is 0 Å². The Labute approximate surface area is 144 Å². The molecule has 0 unspecified atom stereocenters. The first kappa shape index (κ1) is 19.1. The van der Waals surface area contributed by atoms with Gasteiger partial charge in [-0.05, 0) is 31.4 Å². The number of hydrogen-bond acceptors (Lipinski definition) is 3. The first-order valence-corrected chi connectivity index (χ1v) is 8.16. The highest BCUT2D eigenvalue weighted by molar-refractivity contribution is 5.79. The van der Waals surface area contributed by atoms with Crippen molar-refractivity contribution in [2.24, 2.45) is 0 Å². The minimum absolute atomic E-state index is 0.101. The van der Waals surface area contributed by atoms with Crippen molar-refractivity contribution >= 4 is 12.0 Å². The first-order valence-electron chi connectivity index (χ1n) is 8.16. The van der Waals surface area contributed by atoms with Gasteiger partial charge >= 0.3 is 12.3 Å².